The maximum Gasteiger partial charge on any atom is 0.343 e. The number of hydrogen-bond acceptors (Lipinski definition) is 6. The smallest absolute Gasteiger partial charge is 0.343 e. The second-order valence-corrected chi connectivity index (χ2v) is 10.4. The maximum atomic E-state index is 13.2. The molecule has 0 aromatic heterocycles. The lowest BCUT2D eigenvalue weighted by Crippen LogP contribution is -2.27. The zero-order chi connectivity index (χ0) is 27.5. The molecule has 1 aliphatic rings. The fraction of sp³-hybridized carbons (Fsp3) is 0.100. The molecule has 39 heavy (non-hydrogen) atoms. The molecule has 1 saturated heterocycles. The minimum atomic E-state index is -0.628. The van der Waals surface area contributed by atoms with Gasteiger partial charge >= 0.3 is 5.97 Å². The Morgan fingerprint density at radius 1 is 0.949 bits per heavy atom. The number of carbonyl (C=O) groups is 3. The molecule has 0 spiro atoms. The predicted molar refractivity (Wildman–Crippen MR) is 154 cm³/mol. The third-order valence-corrected chi connectivity index (χ3v) is 7.37. The van der Waals surface area contributed by atoms with E-state index < -0.39 is 11.9 Å². The van der Waals surface area contributed by atoms with Crippen molar-refractivity contribution in [2.24, 2.45) is 0 Å². The van der Waals surface area contributed by atoms with Crippen molar-refractivity contribution in [1.82, 2.24) is 4.90 Å². The normalized spacial score (nSPS) is 14.3. The van der Waals surface area contributed by atoms with Crippen LogP contribution >= 0.6 is 35.0 Å². The summed E-state index contributed by atoms with van der Waals surface area (Å²) in [6.07, 6.45) is 1.57. The van der Waals surface area contributed by atoms with Gasteiger partial charge in [0, 0.05) is 5.02 Å². The van der Waals surface area contributed by atoms with Gasteiger partial charge in [0.2, 0.25) is 0 Å². The van der Waals surface area contributed by atoms with Crippen LogP contribution in [0.5, 0.6) is 11.5 Å². The van der Waals surface area contributed by atoms with Gasteiger partial charge in [0.15, 0.2) is 11.5 Å². The van der Waals surface area contributed by atoms with Crippen molar-refractivity contribution in [2.75, 3.05) is 6.61 Å². The van der Waals surface area contributed by atoms with Crippen LogP contribution in [-0.2, 0) is 11.3 Å². The second-order valence-electron chi connectivity index (χ2n) is 8.61. The lowest BCUT2D eigenvalue weighted by molar-refractivity contribution is -0.123. The summed E-state index contributed by atoms with van der Waals surface area (Å²) in [7, 11) is 0. The number of fused-ring (bicyclic) bond motifs is 1. The summed E-state index contributed by atoms with van der Waals surface area (Å²) >= 11 is 13.2. The second kappa shape index (κ2) is 11.5. The van der Waals surface area contributed by atoms with Crippen molar-refractivity contribution in [3.05, 3.63) is 111 Å². The Morgan fingerprint density at radius 2 is 1.69 bits per heavy atom. The average Bonchev–Trinajstić information content (AvgIpc) is 3.18. The minimum absolute atomic E-state index is 0.0556. The van der Waals surface area contributed by atoms with Crippen LogP contribution in [0.3, 0.4) is 0 Å². The molecule has 5 rings (SSSR count). The Labute approximate surface area is 239 Å². The molecule has 196 valence electrons. The molecule has 6 nitrogen and oxygen atoms in total. The van der Waals surface area contributed by atoms with Crippen LogP contribution in [-0.4, -0.2) is 28.6 Å². The molecule has 2 amide bonds. The number of amides is 2. The highest BCUT2D eigenvalue weighted by Gasteiger charge is 2.35. The zero-order valence-corrected chi connectivity index (χ0v) is 23.0. The van der Waals surface area contributed by atoms with E-state index in [1.54, 1.807) is 49.4 Å². The van der Waals surface area contributed by atoms with Crippen molar-refractivity contribution < 1.29 is 23.9 Å². The minimum Gasteiger partial charge on any atom is -0.490 e. The van der Waals surface area contributed by atoms with Gasteiger partial charge in [0.05, 0.1) is 28.6 Å². The molecule has 0 saturated carbocycles. The third kappa shape index (κ3) is 5.96. The fourth-order valence-electron chi connectivity index (χ4n) is 4.08. The van der Waals surface area contributed by atoms with E-state index in [9.17, 15) is 14.4 Å². The summed E-state index contributed by atoms with van der Waals surface area (Å²) in [5.74, 6) is -0.739. The molecule has 4 aromatic rings. The molecule has 0 unspecified atom stereocenters. The summed E-state index contributed by atoms with van der Waals surface area (Å²) in [6, 6.07) is 23.2. The Balaban J connectivity index is 1.38. The molecule has 0 radical (unpaired) electrons. The van der Waals surface area contributed by atoms with E-state index in [1.165, 1.54) is 4.90 Å². The van der Waals surface area contributed by atoms with Gasteiger partial charge in [-0.15, -0.1) is 0 Å². The maximum absolute atomic E-state index is 13.2. The summed E-state index contributed by atoms with van der Waals surface area (Å²) in [5, 5.41) is 2.37. The van der Waals surface area contributed by atoms with Crippen LogP contribution in [0.2, 0.25) is 10.0 Å². The average molecular weight is 578 g/mol. The number of imide groups is 1. The van der Waals surface area contributed by atoms with Crippen LogP contribution in [0.25, 0.3) is 16.8 Å². The summed E-state index contributed by atoms with van der Waals surface area (Å²) < 4.78 is 11.2. The number of thioether (sulfide) groups is 1. The Kier molecular flexibility index (Phi) is 7.93. The van der Waals surface area contributed by atoms with Crippen molar-refractivity contribution >= 4 is 68.9 Å². The summed E-state index contributed by atoms with van der Waals surface area (Å²) in [6.45, 7) is 2.23. The number of hydrogen-bond donors (Lipinski definition) is 0. The first-order valence-corrected chi connectivity index (χ1v) is 13.6. The number of ether oxygens (including phenoxy) is 2. The third-order valence-electron chi connectivity index (χ3n) is 5.93. The van der Waals surface area contributed by atoms with Gasteiger partial charge in [-0.1, -0.05) is 59.6 Å². The molecule has 1 heterocycles. The lowest BCUT2D eigenvalue weighted by atomic mass is 10.1. The zero-order valence-electron chi connectivity index (χ0n) is 20.6. The van der Waals surface area contributed by atoms with Crippen LogP contribution in [0.15, 0.2) is 83.8 Å². The molecule has 4 aromatic carbocycles. The monoisotopic (exact) mass is 577 g/mol. The largest absolute Gasteiger partial charge is 0.490 e. The van der Waals surface area contributed by atoms with Gasteiger partial charge in [0.25, 0.3) is 11.1 Å². The fourth-order valence-corrected chi connectivity index (χ4v) is 5.30. The first kappa shape index (κ1) is 26.8. The molecule has 1 aliphatic heterocycles. The number of carbonyl (C=O) groups excluding carboxylic acids is 3. The van der Waals surface area contributed by atoms with E-state index in [2.05, 4.69) is 0 Å². The van der Waals surface area contributed by atoms with E-state index in [1.807, 2.05) is 42.5 Å². The first-order chi connectivity index (χ1) is 18.8. The van der Waals surface area contributed by atoms with Crippen LogP contribution < -0.4 is 9.47 Å². The molecular weight excluding hydrogens is 557 g/mol. The lowest BCUT2D eigenvalue weighted by Gasteiger charge is -2.14. The highest BCUT2D eigenvalue weighted by Crippen LogP contribution is 2.40. The highest BCUT2D eigenvalue weighted by molar-refractivity contribution is 8.18. The Hall–Kier alpha value is -3.78. The molecule has 0 atom stereocenters. The van der Waals surface area contributed by atoms with Gasteiger partial charge in [-0.05, 0) is 89.1 Å². The van der Waals surface area contributed by atoms with Gasteiger partial charge in [-0.3, -0.25) is 14.5 Å². The standard InChI is InChI=1S/C30H21Cl2NO5S/c1-2-37-25-15-19(14-24(32)27(25)38-29(35)21-9-11-23(31)12-10-21)16-26-28(34)33(30(36)39-26)17-18-7-8-20-5-3-4-6-22(20)13-18/h3-16H,2,17H2,1H3/b26-16-. The molecule has 0 bridgehead atoms. The first-order valence-electron chi connectivity index (χ1n) is 12.0. The van der Waals surface area contributed by atoms with Crippen LogP contribution in [0, 0.1) is 0 Å². The van der Waals surface area contributed by atoms with Crippen molar-refractivity contribution in [2.45, 2.75) is 13.5 Å². The summed E-state index contributed by atoms with van der Waals surface area (Å²) in [4.78, 5) is 40.0. The van der Waals surface area contributed by atoms with E-state index in [0.717, 1.165) is 28.1 Å². The SMILES string of the molecule is CCOc1cc(/C=C2\SC(=O)N(Cc3ccc4ccccc4c3)C2=O)cc(Cl)c1OC(=O)c1ccc(Cl)cc1. The van der Waals surface area contributed by atoms with E-state index in [-0.39, 0.29) is 39.8 Å². The summed E-state index contributed by atoms with van der Waals surface area (Å²) in [5.41, 5.74) is 1.67. The molecule has 1 fully saturated rings. The van der Waals surface area contributed by atoms with Gasteiger partial charge in [-0.2, -0.15) is 0 Å². The highest BCUT2D eigenvalue weighted by atomic mass is 35.5. The number of halogens is 2. The van der Waals surface area contributed by atoms with Crippen molar-refractivity contribution in [1.29, 1.82) is 0 Å². The van der Waals surface area contributed by atoms with Crippen molar-refractivity contribution in [3.8, 4) is 11.5 Å². The van der Waals surface area contributed by atoms with Gasteiger partial charge in [0.1, 0.15) is 0 Å². The Morgan fingerprint density at radius 3 is 2.44 bits per heavy atom. The quantitative estimate of drug-likeness (QED) is 0.126. The van der Waals surface area contributed by atoms with E-state index in [0.29, 0.717) is 16.1 Å². The molecular formula is C30H21Cl2NO5S. The number of nitrogens with zero attached hydrogens (tertiary/aromatic N) is 1. The van der Waals surface area contributed by atoms with E-state index >= 15 is 0 Å². The number of rotatable bonds is 7. The van der Waals surface area contributed by atoms with Gasteiger partial charge in [-0.25, -0.2) is 4.79 Å². The van der Waals surface area contributed by atoms with Crippen LogP contribution in [0.1, 0.15) is 28.4 Å². The molecule has 0 aliphatic carbocycles. The van der Waals surface area contributed by atoms with Gasteiger partial charge < -0.3 is 9.47 Å². The Bertz CT molecular complexity index is 1630. The molecule has 9 heteroatoms. The number of benzene rings is 4. The van der Waals surface area contributed by atoms with Crippen LogP contribution in [0.4, 0.5) is 4.79 Å². The van der Waals surface area contributed by atoms with E-state index in [4.69, 9.17) is 32.7 Å². The van der Waals surface area contributed by atoms with Crippen molar-refractivity contribution in [3.63, 3.8) is 0 Å². The predicted octanol–water partition coefficient (Wildman–Crippen LogP) is 8.00. The number of esters is 1. The molecule has 0 N–H and O–H groups in total. The topological polar surface area (TPSA) is 72.9 Å².